The largest absolute Gasteiger partial charge is 0.465 e. The van der Waals surface area contributed by atoms with Crippen LogP contribution >= 0.6 is 0 Å². The van der Waals surface area contributed by atoms with Gasteiger partial charge in [-0.1, -0.05) is 38.6 Å². The van der Waals surface area contributed by atoms with Crippen LogP contribution in [-0.4, -0.2) is 22.6 Å². The highest BCUT2D eigenvalue weighted by atomic mass is 16.5. The Bertz CT molecular complexity index is 301. The first kappa shape index (κ1) is 11.1. The lowest BCUT2D eigenvalue weighted by atomic mass is 9.46. The van der Waals surface area contributed by atoms with Gasteiger partial charge in [-0.3, -0.25) is 0 Å². The lowest BCUT2D eigenvalue weighted by Gasteiger charge is -2.24. The summed E-state index contributed by atoms with van der Waals surface area (Å²) in [7, 11) is 0.977. The molecule has 0 saturated carbocycles. The topological polar surface area (TPSA) is 59.2 Å². The standard InChI is InChI=1S/C9H17BN2O2/c1-5-9(4,10-6(2)3)7-11-12-8(13)14-7/h6,10H,5H2,1-4H3,(H,12,13). The molecular formula is C9H17BN2O2. The molecule has 0 radical (unpaired) electrons. The minimum atomic E-state index is -0.344. The first-order chi connectivity index (χ1) is 6.48. The molecule has 1 atom stereocenters. The van der Waals surface area contributed by atoms with Gasteiger partial charge in [-0.05, 0) is 6.42 Å². The van der Waals surface area contributed by atoms with E-state index in [1.165, 1.54) is 0 Å². The number of rotatable bonds is 4. The van der Waals surface area contributed by atoms with Crippen LogP contribution in [0.1, 0.15) is 40.0 Å². The molecule has 14 heavy (non-hydrogen) atoms. The first-order valence-corrected chi connectivity index (χ1v) is 5.01. The van der Waals surface area contributed by atoms with Gasteiger partial charge in [-0.15, -0.1) is 5.10 Å². The molecule has 4 nitrogen and oxygen atoms in total. The van der Waals surface area contributed by atoms with E-state index in [0.29, 0.717) is 11.7 Å². The Hall–Kier alpha value is -0.995. The molecule has 1 aromatic rings. The molecule has 1 aromatic heterocycles. The molecule has 0 spiro atoms. The van der Waals surface area contributed by atoms with Crippen LogP contribution in [0.2, 0.25) is 5.82 Å². The number of aromatic nitrogens is 2. The Kier molecular flexibility index (Phi) is 3.19. The van der Waals surface area contributed by atoms with Crippen LogP contribution in [0.4, 0.5) is 0 Å². The molecule has 0 amide bonds. The zero-order valence-electron chi connectivity index (χ0n) is 9.24. The fourth-order valence-corrected chi connectivity index (χ4v) is 1.74. The van der Waals surface area contributed by atoms with E-state index in [-0.39, 0.29) is 11.4 Å². The molecule has 1 heterocycles. The molecule has 1 unspecified atom stereocenters. The third-order valence-electron chi connectivity index (χ3n) is 2.57. The van der Waals surface area contributed by atoms with Crippen LogP contribution in [0.15, 0.2) is 4.42 Å². The maximum absolute atomic E-state index is 9.01. The fourth-order valence-electron chi connectivity index (χ4n) is 1.74. The van der Waals surface area contributed by atoms with Crippen LogP contribution in [0.3, 0.4) is 0 Å². The van der Waals surface area contributed by atoms with Crippen molar-refractivity contribution in [3.63, 3.8) is 0 Å². The minimum Gasteiger partial charge on any atom is -0.465 e. The van der Waals surface area contributed by atoms with Crippen molar-refractivity contribution in [2.75, 3.05) is 0 Å². The lowest BCUT2D eigenvalue weighted by Crippen LogP contribution is -2.31. The monoisotopic (exact) mass is 196 g/mol. The quantitative estimate of drug-likeness (QED) is 0.744. The SMILES string of the molecule is CCC(C)(BC(C)C)c1nnc(O)o1. The second kappa shape index (κ2) is 4.03. The van der Waals surface area contributed by atoms with E-state index in [4.69, 9.17) is 9.52 Å². The zero-order valence-corrected chi connectivity index (χ0v) is 9.24. The minimum absolute atomic E-state index is 0.123. The van der Waals surface area contributed by atoms with E-state index < -0.39 is 0 Å². The summed E-state index contributed by atoms with van der Waals surface area (Å²) < 4.78 is 5.07. The van der Waals surface area contributed by atoms with Crippen LogP contribution in [0, 0.1) is 0 Å². The normalized spacial score (nSPS) is 15.5. The molecule has 0 aliphatic rings. The van der Waals surface area contributed by atoms with Crippen molar-refractivity contribution >= 4 is 7.28 Å². The van der Waals surface area contributed by atoms with Crippen molar-refractivity contribution in [3.05, 3.63) is 5.89 Å². The van der Waals surface area contributed by atoms with Gasteiger partial charge in [0.2, 0.25) is 5.89 Å². The van der Waals surface area contributed by atoms with Gasteiger partial charge in [0.25, 0.3) is 0 Å². The van der Waals surface area contributed by atoms with Gasteiger partial charge in [0.1, 0.15) is 7.28 Å². The maximum atomic E-state index is 9.01. The van der Waals surface area contributed by atoms with Gasteiger partial charge in [0.05, 0.1) is 0 Å². The predicted octanol–water partition coefficient (Wildman–Crippen LogP) is 1.67. The van der Waals surface area contributed by atoms with E-state index in [2.05, 4.69) is 37.9 Å². The van der Waals surface area contributed by atoms with E-state index >= 15 is 0 Å². The van der Waals surface area contributed by atoms with E-state index in [9.17, 15) is 0 Å². The summed E-state index contributed by atoms with van der Waals surface area (Å²) in [4.78, 5) is 0. The Morgan fingerprint density at radius 3 is 2.50 bits per heavy atom. The van der Waals surface area contributed by atoms with Crippen LogP contribution < -0.4 is 0 Å². The van der Waals surface area contributed by atoms with Gasteiger partial charge in [0.15, 0.2) is 0 Å². The van der Waals surface area contributed by atoms with E-state index in [0.717, 1.165) is 13.7 Å². The molecular weight excluding hydrogens is 179 g/mol. The predicted molar refractivity (Wildman–Crippen MR) is 55.9 cm³/mol. The smallest absolute Gasteiger partial charge is 0.412 e. The Morgan fingerprint density at radius 2 is 2.14 bits per heavy atom. The van der Waals surface area contributed by atoms with Crippen LogP contribution in [0.25, 0.3) is 0 Å². The van der Waals surface area contributed by atoms with Gasteiger partial charge in [-0.25, -0.2) is 0 Å². The van der Waals surface area contributed by atoms with E-state index in [1.807, 2.05) is 0 Å². The summed E-state index contributed by atoms with van der Waals surface area (Å²) in [5.41, 5.74) is 0. The maximum Gasteiger partial charge on any atom is 0.412 e. The van der Waals surface area contributed by atoms with Gasteiger partial charge in [-0.2, -0.15) is 0 Å². The molecule has 78 valence electrons. The highest BCUT2D eigenvalue weighted by Gasteiger charge is 2.32. The van der Waals surface area contributed by atoms with Crippen molar-refractivity contribution in [1.82, 2.24) is 10.2 Å². The summed E-state index contributed by atoms with van der Waals surface area (Å²) in [6.45, 7) is 8.48. The summed E-state index contributed by atoms with van der Waals surface area (Å²) in [5.74, 6) is 1.10. The van der Waals surface area contributed by atoms with Crippen molar-refractivity contribution in [3.8, 4) is 6.08 Å². The fraction of sp³-hybridized carbons (Fsp3) is 0.778. The average molecular weight is 196 g/mol. The summed E-state index contributed by atoms with van der Waals surface area (Å²) in [6.07, 6.45) is 0.579. The molecule has 0 aromatic carbocycles. The highest BCUT2D eigenvalue weighted by molar-refractivity contribution is 6.41. The zero-order chi connectivity index (χ0) is 10.8. The Labute approximate surface area is 85.0 Å². The number of nitrogens with zero attached hydrogens (tertiary/aromatic N) is 2. The van der Waals surface area contributed by atoms with Crippen molar-refractivity contribution in [2.45, 2.75) is 45.2 Å². The van der Waals surface area contributed by atoms with Gasteiger partial charge < -0.3 is 9.52 Å². The Balaban J connectivity index is 2.89. The van der Waals surface area contributed by atoms with Gasteiger partial charge >= 0.3 is 6.08 Å². The molecule has 1 N–H and O–H groups in total. The Morgan fingerprint density at radius 1 is 1.50 bits per heavy atom. The van der Waals surface area contributed by atoms with Crippen molar-refractivity contribution in [1.29, 1.82) is 0 Å². The number of hydrogen-bond acceptors (Lipinski definition) is 4. The number of aromatic hydroxyl groups is 1. The summed E-state index contributed by atoms with van der Waals surface area (Å²) >= 11 is 0. The second-order valence-electron chi connectivity index (χ2n) is 4.40. The van der Waals surface area contributed by atoms with Crippen LogP contribution in [0.5, 0.6) is 6.08 Å². The summed E-state index contributed by atoms with van der Waals surface area (Å²) in [6, 6.07) is 0. The van der Waals surface area contributed by atoms with Crippen LogP contribution in [-0.2, 0) is 5.31 Å². The number of hydrogen-bond donors (Lipinski definition) is 1. The highest BCUT2D eigenvalue weighted by Crippen LogP contribution is 2.29. The van der Waals surface area contributed by atoms with Crippen molar-refractivity contribution < 1.29 is 9.52 Å². The van der Waals surface area contributed by atoms with Gasteiger partial charge in [0, 0.05) is 5.31 Å². The lowest BCUT2D eigenvalue weighted by molar-refractivity contribution is 0.289. The molecule has 1 rings (SSSR count). The average Bonchev–Trinajstić information content (AvgIpc) is 2.51. The second-order valence-corrected chi connectivity index (χ2v) is 4.40. The molecule has 0 aliphatic carbocycles. The third kappa shape index (κ3) is 2.27. The molecule has 5 heteroatoms. The third-order valence-corrected chi connectivity index (χ3v) is 2.57. The first-order valence-electron chi connectivity index (χ1n) is 5.01. The molecule has 0 fully saturated rings. The van der Waals surface area contributed by atoms with Crippen molar-refractivity contribution in [2.24, 2.45) is 0 Å². The molecule has 0 saturated heterocycles. The molecule has 0 bridgehead atoms. The summed E-state index contributed by atoms with van der Waals surface area (Å²) in [5, 5.41) is 16.2. The molecule has 0 aliphatic heterocycles. The van der Waals surface area contributed by atoms with E-state index in [1.54, 1.807) is 0 Å².